The van der Waals surface area contributed by atoms with Crippen molar-refractivity contribution in [1.82, 2.24) is 15.3 Å². The molecule has 0 amide bonds. The van der Waals surface area contributed by atoms with E-state index in [0.29, 0.717) is 6.04 Å². The Kier molecular flexibility index (Phi) is 4.76. The number of rotatable bonds is 4. The molecule has 0 unspecified atom stereocenters. The summed E-state index contributed by atoms with van der Waals surface area (Å²) in [5, 5.41) is 6.85. The predicted molar refractivity (Wildman–Crippen MR) is 105 cm³/mol. The summed E-state index contributed by atoms with van der Waals surface area (Å²) < 4.78 is 0. The number of aromatic nitrogens is 2. The molecule has 1 fully saturated rings. The normalized spacial score (nSPS) is 15.2. The molecule has 5 heteroatoms. The molecule has 2 aromatic heterocycles. The zero-order chi connectivity index (χ0) is 17.1. The number of nitrogens with zero attached hydrogens (tertiary/aromatic N) is 2. The molecule has 1 saturated heterocycles. The highest BCUT2D eigenvalue weighted by atomic mass is 32.1. The molecule has 0 atom stereocenters. The summed E-state index contributed by atoms with van der Waals surface area (Å²) in [6.07, 6.45) is 4.06. The van der Waals surface area contributed by atoms with Gasteiger partial charge in [0.2, 0.25) is 5.95 Å². The Hall–Kier alpha value is -2.24. The topological polar surface area (TPSA) is 49.8 Å². The van der Waals surface area contributed by atoms with E-state index in [0.717, 1.165) is 43.1 Å². The summed E-state index contributed by atoms with van der Waals surface area (Å²) in [7, 11) is 0. The highest BCUT2D eigenvalue weighted by Gasteiger charge is 2.14. The molecule has 0 aliphatic carbocycles. The van der Waals surface area contributed by atoms with Crippen molar-refractivity contribution >= 4 is 17.3 Å². The first-order valence-electron chi connectivity index (χ1n) is 8.75. The van der Waals surface area contributed by atoms with Crippen LogP contribution in [-0.4, -0.2) is 29.1 Å². The Balaban J connectivity index is 1.52. The Morgan fingerprint density at radius 2 is 1.76 bits per heavy atom. The number of hydrogen-bond acceptors (Lipinski definition) is 5. The molecule has 3 aromatic rings. The van der Waals surface area contributed by atoms with E-state index in [1.54, 1.807) is 0 Å². The third-order valence-electron chi connectivity index (χ3n) is 4.53. The van der Waals surface area contributed by atoms with E-state index < -0.39 is 0 Å². The Bertz CT molecular complexity index is 835. The summed E-state index contributed by atoms with van der Waals surface area (Å²) in [6.45, 7) is 4.25. The molecule has 0 bridgehead atoms. The van der Waals surface area contributed by atoms with Crippen LogP contribution in [0.3, 0.4) is 0 Å². The summed E-state index contributed by atoms with van der Waals surface area (Å²) in [6, 6.07) is 15.4. The van der Waals surface area contributed by atoms with Gasteiger partial charge >= 0.3 is 0 Å². The maximum absolute atomic E-state index is 4.70. The SMILES string of the molecule is Cc1ccc(-c2ccc(-c3ccnc(NC4CCNCC4)n3)cc2)s1. The Labute approximate surface area is 152 Å². The molecule has 0 spiro atoms. The van der Waals surface area contributed by atoms with Crippen molar-refractivity contribution in [2.45, 2.75) is 25.8 Å². The summed E-state index contributed by atoms with van der Waals surface area (Å²) in [5.41, 5.74) is 3.33. The van der Waals surface area contributed by atoms with Crippen LogP contribution in [0.2, 0.25) is 0 Å². The van der Waals surface area contributed by atoms with Crippen LogP contribution in [0.1, 0.15) is 17.7 Å². The second-order valence-corrected chi connectivity index (χ2v) is 7.71. The van der Waals surface area contributed by atoms with E-state index in [4.69, 9.17) is 4.98 Å². The smallest absolute Gasteiger partial charge is 0.223 e. The van der Waals surface area contributed by atoms with Crippen molar-refractivity contribution in [3.05, 3.63) is 53.5 Å². The van der Waals surface area contributed by atoms with Crippen LogP contribution in [0.4, 0.5) is 5.95 Å². The molecule has 1 aromatic carbocycles. The van der Waals surface area contributed by atoms with Crippen LogP contribution < -0.4 is 10.6 Å². The third-order valence-corrected chi connectivity index (χ3v) is 5.58. The van der Waals surface area contributed by atoms with Gasteiger partial charge in [-0.25, -0.2) is 9.97 Å². The fraction of sp³-hybridized carbons (Fsp3) is 0.300. The lowest BCUT2D eigenvalue weighted by molar-refractivity contribution is 0.477. The number of benzene rings is 1. The number of nitrogens with one attached hydrogen (secondary N) is 2. The van der Waals surface area contributed by atoms with Crippen molar-refractivity contribution in [3.63, 3.8) is 0 Å². The first-order chi connectivity index (χ1) is 12.3. The van der Waals surface area contributed by atoms with E-state index in [1.807, 2.05) is 23.6 Å². The Morgan fingerprint density at radius 1 is 1.00 bits per heavy atom. The highest BCUT2D eigenvalue weighted by Crippen LogP contribution is 2.29. The van der Waals surface area contributed by atoms with Crippen LogP contribution in [0.5, 0.6) is 0 Å². The lowest BCUT2D eigenvalue weighted by Gasteiger charge is -2.23. The highest BCUT2D eigenvalue weighted by molar-refractivity contribution is 7.15. The van der Waals surface area contributed by atoms with E-state index >= 15 is 0 Å². The third kappa shape index (κ3) is 3.89. The molecule has 1 aliphatic heterocycles. The van der Waals surface area contributed by atoms with Gasteiger partial charge in [-0.15, -0.1) is 11.3 Å². The van der Waals surface area contributed by atoms with Crippen molar-refractivity contribution in [1.29, 1.82) is 0 Å². The zero-order valence-corrected chi connectivity index (χ0v) is 15.1. The molecule has 128 valence electrons. The van der Waals surface area contributed by atoms with Crippen molar-refractivity contribution in [2.75, 3.05) is 18.4 Å². The first kappa shape index (κ1) is 16.2. The van der Waals surface area contributed by atoms with Crippen molar-refractivity contribution in [3.8, 4) is 21.7 Å². The van der Waals surface area contributed by atoms with Crippen LogP contribution in [0.25, 0.3) is 21.7 Å². The number of piperidine rings is 1. The molecule has 1 aliphatic rings. The number of anilines is 1. The number of hydrogen-bond donors (Lipinski definition) is 2. The van der Waals surface area contributed by atoms with Crippen LogP contribution in [-0.2, 0) is 0 Å². The zero-order valence-electron chi connectivity index (χ0n) is 14.3. The van der Waals surface area contributed by atoms with Gasteiger partial charge in [0, 0.05) is 27.6 Å². The van der Waals surface area contributed by atoms with Crippen LogP contribution in [0.15, 0.2) is 48.7 Å². The van der Waals surface area contributed by atoms with Crippen LogP contribution in [0, 0.1) is 6.92 Å². The van der Waals surface area contributed by atoms with Gasteiger partial charge in [0.25, 0.3) is 0 Å². The molecular weight excluding hydrogens is 328 g/mol. The van der Waals surface area contributed by atoms with E-state index in [9.17, 15) is 0 Å². The van der Waals surface area contributed by atoms with Gasteiger partial charge in [0.1, 0.15) is 0 Å². The lowest BCUT2D eigenvalue weighted by atomic mass is 10.1. The van der Waals surface area contributed by atoms with Gasteiger partial charge in [-0.2, -0.15) is 0 Å². The number of aryl methyl sites for hydroxylation is 1. The largest absolute Gasteiger partial charge is 0.351 e. The van der Waals surface area contributed by atoms with Gasteiger partial charge in [-0.05, 0) is 56.6 Å². The molecule has 0 radical (unpaired) electrons. The van der Waals surface area contributed by atoms with E-state index in [1.165, 1.54) is 15.3 Å². The second-order valence-electron chi connectivity index (χ2n) is 6.42. The van der Waals surface area contributed by atoms with Gasteiger partial charge < -0.3 is 10.6 Å². The fourth-order valence-corrected chi connectivity index (χ4v) is 4.01. The number of thiophene rings is 1. The van der Waals surface area contributed by atoms with Crippen LogP contribution >= 0.6 is 11.3 Å². The summed E-state index contributed by atoms with van der Waals surface area (Å²) in [5.74, 6) is 0.724. The average molecular weight is 350 g/mol. The van der Waals surface area contributed by atoms with Gasteiger partial charge in [0.05, 0.1) is 5.69 Å². The van der Waals surface area contributed by atoms with Crippen molar-refractivity contribution < 1.29 is 0 Å². The molecular formula is C20H22N4S. The molecule has 0 saturated carbocycles. The minimum absolute atomic E-state index is 0.459. The van der Waals surface area contributed by atoms with Crippen molar-refractivity contribution in [2.24, 2.45) is 0 Å². The molecule has 4 rings (SSSR count). The van der Waals surface area contributed by atoms with Gasteiger partial charge in [-0.3, -0.25) is 0 Å². The fourth-order valence-electron chi connectivity index (χ4n) is 3.13. The molecule has 25 heavy (non-hydrogen) atoms. The lowest BCUT2D eigenvalue weighted by Crippen LogP contribution is -2.35. The van der Waals surface area contributed by atoms with Gasteiger partial charge in [0.15, 0.2) is 0 Å². The van der Waals surface area contributed by atoms with Gasteiger partial charge in [-0.1, -0.05) is 24.3 Å². The minimum Gasteiger partial charge on any atom is -0.351 e. The summed E-state index contributed by atoms with van der Waals surface area (Å²) in [4.78, 5) is 11.7. The predicted octanol–water partition coefficient (Wildman–Crippen LogP) is 4.34. The Morgan fingerprint density at radius 3 is 2.48 bits per heavy atom. The first-order valence-corrected chi connectivity index (χ1v) is 9.57. The molecule has 4 nitrogen and oxygen atoms in total. The maximum atomic E-state index is 4.70. The van der Waals surface area contributed by atoms with E-state index in [-0.39, 0.29) is 0 Å². The standard InChI is InChI=1S/C20H22N4S/c1-14-2-7-19(25-14)16-5-3-15(4-6-16)18-10-13-22-20(24-18)23-17-8-11-21-12-9-17/h2-7,10,13,17,21H,8-9,11-12H2,1H3,(H,22,23,24). The monoisotopic (exact) mass is 350 g/mol. The summed E-state index contributed by atoms with van der Waals surface area (Å²) >= 11 is 1.82. The average Bonchev–Trinajstić information content (AvgIpc) is 3.09. The molecule has 2 N–H and O–H groups in total. The quantitative estimate of drug-likeness (QED) is 0.735. The molecule has 3 heterocycles. The van der Waals surface area contributed by atoms with E-state index in [2.05, 4.69) is 58.9 Å². The second kappa shape index (κ2) is 7.33. The maximum Gasteiger partial charge on any atom is 0.223 e. The minimum atomic E-state index is 0.459.